The molecule has 3 nitrogen and oxygen atoms in total. The molecule has 0 aliphatic rings. The Kier molecular flexibility index (Phi) is 4.67. The van der Waals surface area contributed by atoms with E-state index >= 15 is 0 Å². The van der Waals surface area contributed by atoms with E-state index in [0.29, 0.717) is 5.56 Å². The Bertz CT molecular complexity index is 652. The van der Waals surface area contributed by atoms with E-state index in [2.05, 4.69) is 6.07 Å². The SMILES string of the molecule is CC(N)c1cccc(-c2ccc(C(=O)OC(C)(C)C)cc2)c1. The molecule has 0 fully saturated rings. The summed E-state index contributed by atoms with van der Waals surface area (Å²) >= 11 is 0. The minimum Gasteiger partial charge on any atom is -0.456 e. The predicted molar refractivity (Wildman–Crippen MR) is 89.6 cm³/mol. The maximum atomic E-state index is 12.0. The summed E-state index contributed by atoms with van der Waals surface area (Å²) in [6, 6.07) is 15.6. The third-order valence-corrected chi connectivity index (χ3v) is 3.27. The van der Waals surface area contributed by atoms with Gasteiger partial charge in [-0.05, 0) is 62.6 Å². The largest absolute Gasteiger partial charge is 0.456 e. The molecule has 1 atom stereocenters. The van der Waals surface area contributed by atoms with Crippen LogP contribution in [0, 0.1) is 0 Å². The minimum atomic E-state index is -0.485. The molecule has 2 rings (SSSR count). The number of rotatable bonds is 3. The van der Waals surface area contributed by atoms with Gasteiger partial charge in [0, 0.05) is 6.04 Å². The number of hydrogen-bond donors (Lipinski definition) is 1. The van der Waals surface area contributed by atoms with Crippen LogP contribution >= 0.6 is 0 Å². The van der Waals surface area contributed by atoms with Crippen molar-refractivity contribution in [3.63, 3.8) is 0 Å². The Hall–Kier alpha value is -2.13. The lowest BCUT2D eigenvalue weighted by Gasteiger charge is -2.19. The average Bonchev–Trinajstić information content (AvgIpc) is 2.46. The van der Waals surface area contributed by atoms with E-state index < -0.39 is 5.60 Å². The van der Waals surface area contributed by atoms with Crippen LogP contribution in [-0.2, 0) is 4.74 Å². The Labute approximate surface area is 132 Å². The third kappa shape index (κ3) is 4.18. The number of hydrogen-bond acceptors (Lipinski definition) is 3. The van der Waals surface area contributed by atoms with Crippen LogP contribution < -0.4 is 5.73 Å². The lowest BCUT2D eigenvalue weighted by molar-refractivity contribution is 0.00696. The van der Waals surface area contributed by atoms with E-state index in [-0.39, 0.29) is 12.0 Å². The summed E-state index contributed by atoms with van der Waals surface area (Å²) < 4.78 is 5.36. The van der Waals surface area contributed by atoms with E-state index in [1.54, 1.807) is 12.1 Å². The van der Waals surface area contributed by atoms with Crippen LogP contribution in [0.3, 0.4) is 0 Å². The van der Waals surface area contributed by atoms with Gasteiger partial charge in [0.2, 0.25) is 0 Å². The molecule has 3 heteroatoms. The van der Waals surface area contributed by atoms with Crippen LogP contribution in [0.2, 0.25) is 0 Å². The Balaban J connectivity index is 2.22. The fourth-order valence-corrected chi connectivity index (χ4v) is 2.14. The second-order valence-corrected chi connectivity index (χ2v) is 6.49. The molecule has 22 heavy (non-hydrogen) atoms. The van der Waals surface area contributed by atoms with Gasteiger partial charge in [0.15, 0.2) is 0 Å². The van der Waals surface area contributed by atoms with Crippen LogP contribution in [0.1, 0.15) is 49.7 Å². The van der Waals surface area contributed by atoms with Crippen LogP contribution in [-0.4, -0.2) is 11.6 Å². The summed E-state index contributed by atoms with van der Waals surface area (Å²) in [6.45, 7) is 7.54. The highest BCUT2D eigenvalue weighted by Crippen LogP contribution is 2.23. The first kappa shape index (κ1) is 16.2. The summed E-state index contributed by atoms with van der Waals surface area (Å²) in [6.07, 6.45) is 0. The van der Waals surface area contributed by atoms with Gasteiger partial charge < -0.3 is 10.5 Å². The van der Waals surface area contributed by atoms with Crippen LogP contribution in [0.5, 0.6) is 0 Å². The van der Waals surface area contributed by atoms with Gasteiger partial charge in [-0.15, -0.1) is 0 Å². The summed E-state index contributed by atoms with van der Waals surface area (Å²) in [5.41, 5.74) is 9.23. The molecule has 0 heterocycles. The summed E-state index contributed by atoms with van der Waals surface area (Å²) in [5, 5.41) is 0. The zero-order valence-corrected chi connectivity index (χ0v) is 13.6. The van der Waals surface area contributed by atoms with Gasteiger partial charge in [0.1, 0.15) is 5.60 Å². The molecule has 0 saturated carbocycles. The molecule has 0 aliphatic carbocycles. The van der Waals surface area contributed by atoms with E-state index in [1.165, 1.54) is 0 Å². The number of carbonyl (C=O) groups excluding carboxylic acids is 1. The highest BCUT2D eigenvalue weighted by atomic mass is 16.6. The highest BCUT2D eigenvalue weighted by molar-refractivity contribution is 5.90. The van der Waals surface area contributed by atoms with Gasteiger partial charge >= 0.3 is 5.97 Å². The van der Waals surface area contributed by atoms with Crippen molar-refractivity contribution >= 4 is 5.97 Å². The Morgan fingerprint density at radius 3 is 2.23 bits per heavy atom. The summed E-state index contributed by atoms with van der Waals surface area (Å²) in [4.78, 5) is 12.0. The standard InChI is InChI=1S/C19H23NO2/c1-13(20)16-6-5-7-17(12-16)14-8-10-15(11-9-14)18(21)22-19(2,3)4/h5-13H,20H2,1-4H3. The molecule has 0 bridgehead atoms. The zero-order chi connectivity index (χ0) is 16.3. The van der Waals surface area contributed by atoms with Crippen LogP contribution in [0.25, 0.3) is 11.1 Å². The lowest BCUT2D eigenvalue weighted by Crippen LogP contribution is -2.23. The highest BCUT2D eigenvalue weighted by Gasteiger charge is 2.17. The zero-order valence-electron chi connectivity index (χ0n) is 13.6. The van der Waals surface area contributed by atoms with E-state index in [4.69, 9.17) is 10.5 Å². The monoisotopic (exact) mass is 297 g/mol. The quantitative estimate of drug-likeness (QED) is 0.858. The maximum absolute atomic E-state index is 12.0. The maximum Gasteiger partial charge on any atom is 0.338 e. The summed E-state index contributed by atoms with van der Waals surface area (Å²) in [5.74, 6) is -0.302. The molecule has 0 aliphatic heterocycles. The van der Waals surface area contributed by atoms with Gasteiger partial charge in [-0.2, -0.15) is 0 Å². The van der Waals surface area contributed by atoms with Crippen molar-refractivity contribution in [2.75, 3.05) is 0 Å². The molecule has 116 valence electrons. The van der Waals surface area contributed by atoms with Crippen molar-refractivity contribution in [1.82, 2.24) is 0 Å². The first-order valence-corrected chi connectivity index (χ1v) is 7.45. The fourth-order valence-electron chi connectivity index (χ4n) is 2.14. The topological polar surface area (TPSA) is 52.3 Å². The lowest BCUT2D eigenvalue weighted by atomic mass is 9.99. The first-order valence-electron chi connectivity index (χ1n) is 7.45. The molecule has 0 radical (unpaired) electrons. The average molecular weight is 297 g/mol. The van der Waals surface area contributed by atoms with Gasteiger partial charge in [-0.3, -0.25) is 0 Å². The van der Waals surface area contributed by atoms with Crippen molar-refractivity contribution in [3.05, 3.63) is 59.7 Å². The smallest absolute Gasteiger partial charge is 0.338 e. The van der Waals surface area contributed by atoms with Gasteiger partial charge in [-0.25, -0.2) is 4.79 Å². The van der Waals surface area contributed by atoms with Crippen molar-refractivity contribution in [2.45, 2.75) is 39.3 Å². The van der Waals surface area contributed by atoms with E-state index in [9.17, 15) is 4.79 Å². The molecule has 2 aromatic rings. The minimum absolute atomic E-state index is 0.000914. The second kappa shape index (κ2) is 6.32. The number of carbonyl (C=O) groups is 1. The number of esters is 1. The second-order valence-electron chi connectivity index (χ2n) is 6.49. The predicted octanol–water partition coefficient (Wildman–Crippen LogP) is 4.33. The molecule has 2 aromatic carbocycles. The molecular formula is C19H23NO2. The molecule has 0 aromatic heterocycles. The van der Waals surface area contributed by atoms with Crippen molar-refractivity contribution < 1.29 is 9.53 Å². The van der Waals surface area contributed by atoms with E-state index in [0.717, 1.165) is 16.7 Å². The molecule has 0 amide bonds. The molecule has 1 unspecified atom stereocenters. The van der Waals surface area contributed by atoms with Crippen molar-refractivity contribution in [2.24, 2.45) is 5.73 Å². The number of ether oxygens (including phenoxy) is 1. The van der Waals surface area contributed by atoms with Crippen molar-refractivity contribution in [3.8, 4) is 11.1 Å². The Morgan fingerprint density at radius 2 is 1.68 bits per heavy atom. The first-order chi connectivity index (χ1) is 10.3. The van der Waals surface area contributed by atoms with E-state index in [1.807, 2.05) is 58.0 Å². The van der Waals surface area contributed by atoms with Crippen LogP contribution in [0.15, 0.2) is 48.5 Å². The molecule has 0 spiro atoms. The summed E-state index contributed by atoms with van der Waals surface area (Å²) in [7, 11) is 0. The fraction of sp³-hybridized carbons (Fsp3) is 0.316. The van der Waals surface area contributed by atoms with Crippen LogP contribution in [0.4, 0.5) is 0 Å². The van der Waals surface area contributed by atoms with Gasteiger partial charge in [0.25, 0.3) is 0 Å². The normalized spacial score (nSPS) is 12.8. The van der Waals surface area contributed by atoms with Gasteiger partial charge in [-0.1, -0.05) is 30.3 Å². The Morgan fingerprint density at radius 1 is 1.05 bits per heavy atom. The third-order valence-electron chi connectivity index (χ3n) is 3.27. The van der Waals surface area contributed by atoms with Gasteiger partial charge in [0.05, 0.1) is 5.56 Å². The number of benzene rings is 2. The number of nitrogens with two attached hydrogens (primary N) is 1. The molecule has 2 N–H and O–H groups in total. The molecule has 0 saturated heterocycles. The van der Waals surface area contributed by atoms with Crippen molar-refractivity contribution in [1.29, 1.82) is 0 Å². The molecular weight excluding hydrogens is 274 g/mol.